The Labute approximate surface area is 82.5 Å². The van der Waals surface area contributed by atoms with Crippen LogP contribution in [0.15, 0.2) is 0 Å². The molecule has 0 radical (unpaired) electrons. The molecule has 4 heteroatoms. The van der Waals surface area contributed by atoms with Crippen molar-refractivity contribution in [1.29, 1.82) is 0 Å². The van der Waals surface area contributed by atoms with Crippen LogP contribution in [-0.4, -0.2) is 34.5 Å². The highest BCUT2D eigenvalue weighted by Gasteiger charge is 2.19. The second-order valence-electron chi connectivity index (χ2n) is 3.66. The zero-order valence-electron chi connectivity index (χ0n) is 8.20. The minimum atomic E-state index is -0.687. The van der Waals surface area contributed by atoms with Gasteiger partial charge < -0.3 is 10.5 Å². The van der Waals surface area contributed by atoms with Gasteiger partial charge in [0.2, 0.25) is 0 Å². The Morgan fingerprint density at radius 2 is 2.15 bits per heavy atom. The van der Waals surface area contributed by atoms with Gasteiger partial charge in [-0.2, -0.15) is 0 Å². The zero-order chi connectivity index (χ0) is 9.68. The number of ether oxygens (including phenoxy) is 1. The van der Waals surface area contributed by atoms with E-state index >= 15 is 0 Å². The van der Waals surface area contributed by atoms with E-state index in [4.69, 9.17) is 10.5 Å². The third-order valence-electron chi connectivity index (χ3n) is 2.31. The molecule has 1 aliphatic heterocycles. The van der Waals surface area contributed by atoms with Gasteiger partial charge in [-0.3, -0.25) is 4.21 Å². The van der Waals surface area contributed by atoms with E-state index < -0.39 is 10.8 Å². The van der Waals surface area contributed by atoms with Crippen LogP contribution in [0.25, 0.3) is 0 Å². The third-order valence-corrected chi connectivity index (χ3v) is 4.17. The summed E-state index contributed by atoms with van der Waals surface area (Å²) in [4.78, 5) is 0. The third kappa shape index (κ3) is 4.20. The van der Waals surface area contributed by atoms with Crippen LogP contribution in [0.5, 0.6) is 0 Å². The van der Waals surface area contributed by atoms with Gasteiger partial charge in [0.05, 0.1) is 0 Å². The van der Waals surface area contributed by atoms with E-state index in [1.54, 1.807) is 0 Å². The van der Waals surface area contributed by atoms with Crippen LogP contribution in [0.4, 0.5) is 0 Å². The Morgan fingerprint density at radius 3 is 2.69 bits per heavy atom. The van der Waals surface area contributed by atoms with Gasteiger partial charge in [-0.05, 0) is 26.2 Å². The molecule has 1 fully saturated rings. The van der Waals surface area contributed by atoms with Crippen molar-refractivity contribution in [2.45, 2.75) is 37.5 Å². The molecule has 0 amide bonds. The topological polar surface area (TPSA) is 52.3 Å². The van der Waals surface area contributed by atoms with E-state index in [1.165, 1.54) is 0 Å². The molecule has 1 saturated heterocycles. The standard InChI is InChI=1S/C9H19NO2S/c1-8(10)4-7-13(11)9-2-5-12-6-3-9/h8-9H,2-7,10H2,1H3. The second kappa shape index (κ2) is 5.73. The van der Waals surface area contributed by atoms with Gasteiger partial charge in [-0.15, -0.1) is 0 Å². The van der Waals surface area contributed by atoms with E-state index in [0.29, 0.717) is 5.25 Å². The molecular weight excluding hydrogens is 186 g/mol. The predicted molar refractivity (Wildman–Crippen MR) is 55.1 cm³/mol. The summed E-state index contributed by atoms with van der Waals surface area (Å²) in [5.41, 5.74) is 5.61. The Balaban J connectivity index is 2.21. The molecule has 2 atom stereocenters. The minimum absolute atomic E-state index is 0.170. The Kier molecular flexibility index (Phi) is 4.91. The van der Waals surface area contributed by atoms with Crippen LogP contribution in [-0.2, 0) is 15.5 Å². The highest BCUT2D eigenvalue weighted by Crippen LogP contribution is 2.14. The Hall–Kier alpha value is 0.0700. The number of hydrogen-bond acceptors (Lipinski definition) is 3. The Bertz CT molecular complexity index is 167. The number of nitrogens with two attached hydrogens (primary N) is 1. The first-order chi connectivity index (χ1) is 6.20. The van der Waals surface area contributed by atoms with Crippen LogP contribution < -0.4 is 5.73 Å². The molecule has 2 unspecified atom stereocenters. The van der Waals surface area contributed by atoms with Crippen LogP contribution in [0.3, 0.4) is 0 Å². The molecule has 3 nitrogen and oxygen atoms in total. The molecule has 0 bridgehead atoms. The van der Waals surface area contributed by atoms with Crippen molar-refractivity contribution in [3.63, 3.8) is 0 Å². The monoisotopic (exact) mass is 205 g/mol. The molecule has 0 aliphatic carbocycles. The summed E-state index contributed by atoms with van der Waals surface area (Å²) in [5.74, 6) is 0.752. The fourth-order valence-corrected chi connectivity index (χ4v) is 3.06. The fraction of sp³-hybridized carbons (Fsp3) is 1.00. The number of rotatable bonds is 4. The summed E-state index contributed by atoms with van der Waals surface area (Å²) in [7, 11) is -0.687. The van der Waals surface area contributed by atoms with Crippen molar-refractivity contribution in [1.82, 2.24) is 0 Å². The fourth-order valence-electron chi connectivity index (χ4n) is 1.41. The second-order valence-corrected chi connectivity index (χ2v) is 5.50. The highest BCUT2D eigenvalue weighted by molar-refractivity contribution is 7.85. The molecule has 0 aromatic carbocycles. The molecule has 1 heterocycles. The molecule has 78 valence electrons. The van der Waals surface area contributed by atoms with Crippen LogP contribution in [0.1, 0.15) is 26.2 Å². The summed E-state index contributed by atoms with van der Waals surface area (Å²) in [5, 5.41) is 0.354. The van der Waals surface area contributed by atoms with Crippen LogP contribution in [0.2, 0.25) is 0 Å². The molecule has 13 heavy (non-hydrogen) atoms. The average Bonchev–Trinajstić information content (AvgIpc) is 2.15. The summed E-state index contributed by atoms with van der Waals surface area (Å²) in [6.45, 7) is 3.50. The van der Waals surface area contributed by atoms with Gasteiger partial charge in [0.1, 0.15) is 0 Å². The first-order valence-corrected chi connectivity index (χ1v) is 6.29. The smallest absolute Gasteiger partial charge is 0.0477 e. The molecule has 1 aliphatic rings. The van der Waals surface area contributed by atoms with Gasteiger partial charge >= 0.3 is 0 Å². The number of hydrogen-bond donors (Lipinski definition) is 1. The van der Waals surface area contributed by atoms with E-state index in [1.807, 2.05) is 6.92 Å². The maximum atomic E-state index is 11.7. The lowest BCUT2D eigenvalue weighted by atomic mass is 10.2. The van der Waals surface area contributed by atoms with E-state index in [9.17, 15) is 4.21 Å². The summed E-state index contributed by atoms with van der Waals surface area (Å²) < 4.78 is 16.9. The maximum absolute atomic E-state index is 11.7. The van der Waals surface area contributed by atoms with Gasteiger partial charge in [0.15, 0.2) is 0 Å². The zero-order valence-corrected chi connectivity index (χ0v) is 9.02. The lowest BCUT2D eigenvalue weighted by Crippen LogP contribution is -2.28. The van der Waals surface area contributed by atoms with Gasteiger partial charge in [0, 0.05) is 41.1 Å². The molecular formula is C9H19NO2S. The van der Waals surface area contributed by atoms with E-state index in [-0.39, 0.29) is 6.04 Å². The highest BCUT2D eigenvalue weighted by atomic mass is 32.2. The van der Waals surface area contributed by atoms with Crippen molar-refractivity contribution in [2.24, 2.45) is 5.73 Å². The molecule has 1 rings (SSSR count). The van der Waals surface area contributed by atoms with Crippen molar-refractivity contribution >= 4 is 10.8 Å². The SMILES string of the molecule is CC(N)CCS(=O)C1CCOCC1. The van der Waals surface area contributed by atoms with Crippen molar-refractivity contribution in [3.8, 4) is 0 Å². The van der Waals surface area contributed by atoms with E-state index in [2.05, 4.69) is 0 Å². The predicted octanol–water partition coefficient (Wildman–Crippen LogP) is 0.651. The molecule has 0 aromatic heterocycles. The van der Waals surface area contributed by atoms with Crippen molar-refractivity contribution in [3.05, 3.63) is 0 Å². The van der Waals surface area contributed by atoms with Gasteiger partial charge in [0.25, 0.3) is 0 Å². The van der Waals surface area contributed by atoms with Gasteiger partial charge in [-0.25, -0.2) is 0 Å². The largest absolute Gasteiger partial charge is 0.381 e. The van der Waals surface area contributed by atoms with Gasteiger partial charge in [-0.1, -0.05) is 0 Å². The maximum Gasteiger partial charge on any atom is 0.0477 e. The Morgan fingerprint density at radius 1 is 1.54 bits per heavy atom. The van der Waals surface area contributed by atoms with Crippen molar-refractivity contribution in [2.75, 3.05) is 19.0 Å². The summed E-state index contributed by atoms with van der Waals surface area (Å²) in [6.07, 6.45) is 2.76. The minimum Gasteiger partial charge on any atom is -0.381 e. The summed E-state index contributed by atoms with van der Waals surface area (Å²) >= 11 is 0. The lowest BCUT2D eigenvalue weighted by molar-refractivity contribution is 0.0992. The first-order valence-electron chi connectivity index (χ1n) is 4.90. The molecule has 2 N–H and O–H groups in total. The molecule has 0 aromatic rings. The molecule has 0 saturated carbocycles. The first kappa shape index (κ1) is 11.1. The lowest BCUT2D eigenvalue weighted by Gasteiger charge is -2.21. The quantitative estimate of drug-likeness (QED) is 0.733. The normalized spacial score (nSPS) is 24.2. The van der Waals surface area contributed by atoms with Crippen LogP contribution in [0, 0.1) is 0 Å². The van der Waals surface area contributed by atoms with Crippen molar-refractivity contribution < 1.29 is 8.95 Å². The molecule has 0 spiro atoms. The van der Waals surface area contributed by atoms with E-state index in [0.717, 1.165) is 38.2 Å². The summed E-state index contributed by atoms with van der Waals surface area (Å²) in [6, 6.07) is 0.170. The van der Waals surface area contributed by atoms with Crippen LogP contribution >= 0.6 is 0 Å². The average molecular weight is 205 g/mol.